The predicted molar refractivity (Wildman–Crippen MR) is 114 cm³/mol. The number of amides is 1. The molecule has 2 aromatic rings. The number of carbonyl (C=O) groups is 3. The highest BCUT2D eigenvalue weighted by Crippen LogP contribution is 2.36. The predicted octanol–water partition coefficient (Wildman–Crippen LogP) is 0.144. The summed E-state index contributed by atoms with van der Waals surface area (Å²) in [6, 6.07) is 0.0966. The molecule has 2 aromatic heterocycles. The molecule has 34 heavy (non-hydrogen) atoms. The van der Waals surface area contributed by atoms with Crippen molar-refractivity contribution < 1.29 is 38.1 Å². The molecule has 0 saturated carbocycles. The topological polar surface area (TPSA) is 165 Å². The zero-order valence-electron chi connectivity index (χ0n) is 18.9. The van der Waals surface area contributed by atoms with Crippen LogP contribution in [0.4, 0.5) is 10.6 Å². The summed E-state index contributed by atoms with van der Waals surface area (Å²) in [6.07, 6.45) is -0.963. The van der Waals surface area contributed by atoms with E-state index < -0.39 is 42.6 Å². The zero-order valence-corrected chi connectivity index (χ0v) is 18.9. The van der Waals surface area contributed by atoms with Gasteiger partial charge in [0.2, 0.25) is 0 Å². The van der Waals surface area contributed by atoms with Crippen molar-refractivity contribution in [1.82, 2.24) is 24.8 Å². The normalized spacial score (nSPS) is 26.3. The largest absolute Gasteiger partial charge is 0.455 e. The minimum atomic E-state index is -1.05. The Labute approximate surface area is 194 Å². The molecule has 14 nitrogen and oxygen atoms in total. The molecule has 0 bridgehead atoms. The van der Waals surface area contributed by atoms with Gasteiger partial charge in [0.05, 0.1) is 19.0 Å². The summed E-state index contributed by atoms with van der Waals surface area (Å²) in [5, 5.41) is 5.63. The average Bonchev–Trinajstić information content (AvgIpc) is 3.52. The summed E-state index contributed by atoms with van der Waals surface area (Å²) in [5.41, 5.74) is 0.890. The number of carbonyl (C=O) groups excluding carboxylic acids is 3. The number of nitrogens with zero attached hydrogens (tertiary/aromatic N) is 4. The summed E-state index contributed by atoms with van der Waals surface area (Å²) in [5.74, 6) is -0.692. The van der Waals surface area contributed by atoms with Crippen molar-refractivity contribution in [2.24, 2.45) is 0 Å². The van der Waals surface area contributed by atoms with Gasteiger partial charge >= 0.3 is 18.0 Å². The lowest BCUT2D eigenvalue weighted by molar-refractivity contribution is -0.165. The lowest BCUT2D eigenvalue weighted by Gasteiger charge is -2.23. The van der Waals surface area contributed by atoms with Gasteiger partial charge in [-0.05, 0) is 6.42 Å². The number of nitrogens with one attached hydrogen (secondary N) is 2. The van der Waals surface area contributed by atoms with Crippen molar-refractivity contribution in [3.05, 3.63) is 12.7 Å². The number of hydrogen-bond acceptors (Lipinski definition) is 12. The van der Waals surface area contributed by atoms with Gasteiger partial charge in [0.25, 0.3) is 0 Å². The van der Waals surface area contributed by atoms with E-state index in [-0.39, 0.29) is 12.6 Å². The number of fused-ring (bicyclic) bond motifs is 1. The van der Waals surface area contributed by atoms with Crippen molar-refractivity contribution in [1.29, 1.82) is 0 Å². The summed E-state index contributed by atoms with van der Waals surface area (Å²) in [7, 11) is 1.41. The van der Waals surface area contributed by atoms with E-state index >= 15 is 0 Å². The van der Waals surface area contributed by atoms with E-state index in [0.717, 1.165) is 6.42 Å². The van der Waals surface area contributed by atoms with Crippen LogP contribution in [0, 0.1) is 0 Å². The van der Waals surface area contributed by atoms with Gasteiger partial charge in [-0.15, -0.1) is 0 Å². The van der Waals surface area contributed by atoms with Crippen LogP contribution < -0.4 is 10.6 Å². The smallest absolute Gasteiger partial charge is 0.406 e. The van der Waals surface area contributed by atoms with Gasteiger partial charge in [0, 0.05) is 27.5 Å². The molecule has 2 fully saturated rings. The second kappa shape index (κ2) is 10.2. The van der Waals surface area contributed by atoms with Gasteiger partial charge in [-0.2, -0.15) is 0 Å². The molecule has 4 rings (SSSR count). The Hall–Kier alpha value is -3.52. The highest BCUT2D eigenvalue weighted by Gasteiger charge is 2.51. The molecule has 0 aromatic carbocycles. The van der Waals surface area contributed by atoms with Gasteiger partial charge in [-0.25, -0.2) is 19.7 Å². The Morgan fingerprint density at radius 2 is 1.91 bits per heavy atom. The number of imidazole rings is 1. The maximum atomic E-state index is 11.9. The van der Waals surface area contributed by atoms with Gasteiger partial charge in [0.1, 0.15) is 19.0 Å². The summed E-state index contributed by atoms with van der Waals surface area (Å²) in [6.45, 7) is 3.43. The molecule has 0 spiro atoms. The second-order valence-corrected chi connectivity index (χ2v) is 7.81. The number of anilines is 1. The van der Waals surface area contributed by atoms with E-state index in [0.29, 0.717) is 30.2 Å². The van der Waals surface area contributed by atoms with Crippen molar-refractivity contribution in [2.75, 3.05) is 32.2 Å². The van der Waals surface area contributed by atoms with Gasteiger partial charge in [-0.1, -0.05) is 0 Å². The Bertz CT molecular complexity index is 1050. The fourth-order valence-electron chi connectivity index (χ4n) is 3.93. The highest BCUT2D eigenvalue weighted by atomic mass is 16.7. The third-order valence-corrected chi connectivity index (χ3v) is 5.38. The number of ether oxygens (including phenoxy) is 5. The lowest BCUT2D eigenvalue weighted by Crippen LogP contribution is -2.41. The quantitative estimate of drug-likeness (QED) is 0.409. The first-order chi connectivity index (χ1) is 16.4. The van der Waals surface area contributed by atoms with Crippen LogP contribution in [-0.4, -0.2) is 88.8 Å². The van der Waals surface area contributed by atoms with Crippen LogP contribution in [0.15, 0.2) is 12.7 Å². The fraction of sp³-hybridized carbons (Fsp3) is 0.600. The monoisotopic (exact) mass is 478 g/mol. The van der Waals surface area contributed by atoms with Crippen LogP contribution in [0.1, 0.15) is 26.5 Å². The summed E-state index contributed by atoms with van der Waals surface area (Å²) in [4.78, 5) is 48.3. The number of aromatic nitrogens is 4. The maximum Gasteiger partial charge on any atom is 0.406 e. The lowest BCUT2D eigenvalue weighted by atomic mass is 10.1. The van der Waals surface area contributed by atoms with Crippen LogP contribution in [0.2, 0.25) is 0 Å². The molecule has 2 aliphatic heterocycles. The highest BCUT2D eigenvalue weighted by molar-refractivity contribution is 5.83. The molecule has 0 aliphatic carbocycles. The van der Waals surface area contributed by atoms with Gasteiger partial charge in [0.15, 0.2) is 35.4 Å². The third kappa shape index (κ3) is 5.02. The number of hydrogen-bond donors (Lipinski definition) is 2. The van der Waals surface area contributed by atoms with E-state index in [9.17, 15) is 14.4 Å². The maximum absolute atomic E-state index is 11.9. The molecule has 2 saturated heterocycles. The van der Waals surface area contributed by atoms with Crippen molar-refractivity contribution >= 4 is 35.0 Å². The SMILES string of the molecule is CNC(=O)OCC1OC(n2cnc3c(NC4CCOC4)ncnc32)C(OC(C)=O)C1OC(C)=O. The van der Waals surface area contributed by atoms with Gasteiger partial charge < -0.3 is 34.3 Å². The average molecular weight is 478 g/mol. The van der Waals surface area contributed by atoms with E-state index in [1.54, 1.807) is 4.57 Å². The molecule has 184 valence electrons. The molecular weight excluding hydrogens is 452 g/mol. The van der Waals surface area contributed by atoms with Crippen molar-refractivity contribution in [3.63, 3.8) is 0 Å². The van der Waals surface area contributed by atoms with Crippen LogP contribution in [0.25, 0.3) is 11.2 Å². The van der Waals surface area contributed by atoms with Crippen LogP contribution in [0.3, 0.4) is 0 Å². The standard InChI is InChI=1S/C20H26N6O8/c1-10(27)32-15-13(7-31-20(29)21-3)34-19(16(15)33-11(2)28)26-9-24-14-17(22-8-23-18(14)26)25-12-4-5-30-6-12/h8-9,12-13,15-16,19H,4-7H2,1-3H3,(H,21,29)(H,22,23,25). The number of alkyl carbamates (subject to hydrolysis) is 1. The van der Waals surface area contributed by atoms with Gasteiger partial charge in [-0.3, -0.25) is 14.2 Å². The Morgan fingerprint density at radius 3 is 2.59 bits per heavy atom. The first kappa shape index (κ1) is 23.6. The molecule has 5 unspecified atom stereocenters. The molecule has 0 radical (unpaired) electrons. The summed E-state index contributed by atoms with van der Waals surface area (Å²) >= 11 is 0. The molecule has 2 N–H and O–H groups in total. The zero-order chi connectivity index (χ0) is 24.2. The first-order valence-electron chi connectivity index (χ1n) is 10.7. The third-order valence-electron chi connectivity index (χ3n) is 5.38. The minimum absolute atomic E-state index is 0.0966. The number of rotatable bonds is 7. The minimum Gasteiger partial charge on any atom is -0.455 e. The molecular formula is C20H26N6O8. The van der Waals surface area contributed by atoms with Crippen LogP contribution in [-0.2, 0) is 33.3 Å². The molecule has 2 aliphatic rings. The first-order valence-corrected chi connectivity index (χ1v) is 10.7. The fourth-order valence-corrected chi connectivity index (χ4v) is 3.93. The second-order valence-electron chi connectivity index (χ2n) is 7.81. The Morgan fingerprint density at radius 1 is 1.15 bits per heavy atom. The van der Waals surface area contributed by atoms with Crippen molar-refractivity contribution in [2.45, 2.75) is 50.8 Å². The Kier molecular flexibility index (Phi) is 7.07. The molecule has 14 heteroatoms. The summed E-state index contributed by atoms with van der Waals surface area (Å²) < 4.78 is 29.0. The van der Waals surface area contributed by atoms with E-state index in [2.05, 4.69) is 25.6 Å². The number of esters is 2. The van der Waals surface area contributed by atoms with E-state index in [4.69, 9.17) is 23.7 Å². The molecule has 5 atom stereocenters. The van der Waals surface area contributed by atoms with E-state index in [1.165, 1.54) is 33.5 Å². The van der Waals surface area contributed by atoms with Crippen LogP contribution >= 0.6 is 0 Å². The van der Waals surface area contributed by atoms with Crippen molar-refractivity contribution in [3.8, 4) is 0 Å². The Balaban J connectivity index is 1.66. The molecule has 1 amide bonds. The molecule has 4 heterocycles. The van der Waals surface area contributed by atoms with Crippen LogP contribution in [0.5, 0.6) is 0 Å². The van der Waals surface area contributed by atoms with E-state index in [1.807, 2.05) is 0 Å².